The Kier molecular flexibility index (Phi) is 3.56. The van der Waals surface area contributed by atoms with Gasteiger partial charge in [-0.25, -0.2) is 13.2 Å². The van der Waals surface area contributed by atoms with Crippen molar-refractivity contribution < 1.29 is 18.0 Å². The second-order valence-electron chi connectivity index (χ2n) is 4.51. The molecule has 3 N–H and O–H groups in total. The molecule has 0 spiro atoms. The molecule has 1 aliphatic rings. The van der Waals surface area contributed by atoms with Crippen LogP contribution in [0.3, 0.4) is 0 Å². The van der Waals surface area contributed by atoms with E-state index in [4.69, 9.17) is 5.73 Å². The Bertz CT molecular complexity index is 479. The van der Waals surface area contributed by atoms with E-state index >= 15 is 0 Å². The van der Waals surface area contributed by atoms with Gasteiger partial charge >= 0.3 is 0 Å². The van der Waals surface area contributed by atoms with Gasteiger partial charge in [-0.3, -0.25) is 4.79 Å². The van der Waals surface area contributed by atoms with Gasteiger partial charge in [-0.1, -0.05) is 0 Å². The lowest BCUT2D eigenvalue weighted by molar-refractivity contribution is -0.119. The number of rotatable bonds is 2. The molecule has 0 saturated heterocycles. The molecule has 1 aliphatic carbocycles. The fraction of sp³-hybridized carbons (Fsp3) is 0.417. The molecule has 2 rings (SSSR count). The maximum Gasteiger partial charge on any atom is 0.227 e. The SMILES string of the molecule is NC1CCC(C(=O)Nc2cc(F)c(F)cc2F)C1. The standard InChI is InChI=1S/C12H13F3N2O/c13-8-4-10(15)11(5-9(8)14)17-12(18)6-1-2-7(16)3-6/h4-7H,1-3,16H2,(H,17,18). The molecule has 98 valence electrons. The van der Waals surface area contributed by atoms with E-state index in [1.807, 2.05) is 0 Å². The Morgan fingerprint density at radius 3 is 2.44 bits per heavy atom. The summed E-state index contributed by atoms with van der Waals surface area (Å²) in [6.45, 7) is 0. The fourth-order valence-corrected chi connectivity index (χ4v) is 2.11. The molecule has 6 heteroatoms. The van der Waals surface area contributed by atoms with Crippen LogP contribution in [0.5, 0.6) is 0 Å². The minimum Gasteiger partial charge on any atom is -0.328 e. The highest BCUT2D eigenvalue weighted by Gasteiger charge is 2.28. The molecule has 1 fully saturated rings. The molecule has 1 saturated carbocycles. The van der Waals surface area contributed by atoms with Crippen molar-refractivity contribution >= 4 is 11.6 Å². The smallest absolute Gasteiger partial charge is 0.227 e. The first-order chi connectivity index (χ1) is 8.47. The molecule has 2 unspecified atom stereocenters. The maximum absolute atomic E-state index is 13.3. The average Bonchev–Trinajstić information content (AvgIpc) is 2.73. The Balaban J connectivity index is 2.09. The molecular formula is C12H13F3N2O. The first-order valence-corrected chi connectivity index (χ1v) is 5.68. The number of nitrogens with one attached hydrogen (secondary N) is 1. The summed E-state index contributed by atoms with van der Waals surface area (Å²) in [6, 6.07) is 1.01. The van der Waals surface area contributed by atoms with Gasteiger partial charge in [0.05, 0.1) is 5.69 Å². The molecule has 0 heterocycles. The minimum absolute atomic E-state index is 0.0319. The van der Waals surface area contributed by atoms with Crippen molar-refractivity contribution in [1.82, 2.24) is 0 Å². The van der Waals surface area contributed by atoms with E-state index in [0.717, 1.165) is 6.42 Å². The first kappa shape index (κ1) is 12.9. The zero-order valence-electron chi connectivity index (χ0n) is 9.55. The molecule has 0 aromatic heterocycles. The molecule has 1 aromatic carbocycles. The zero-order valence-corrected chi connectivity index (χ0v) is 9.55. The lowest BCUT2D eigenvalue weighted by Gasteiger charge is -2.11. The average molecular weight is 258 g/mol. The topological polar surface area (TPSA) is 55.1 Å². The number of hydrogen-bond donors (Lipinski definition) is 2. The van der Waals surface area contributed by atoms with Crippen molar-refractivity contribution in [1.29, 1.82) is 0 Å². The summed E-state index contributed by atoms with van der Waals surface area (Å²) in [6.07, 6.45) is 1.88. The van der Waals surface area contributed by atoms with Gasteiger partial charge in [0.2, 0.25) is 5.91 Å². The van der Waals surface area contributed by atoms with E-state index in [0.29, 0.717) is 25.0 Å². The highest BCUT2D eigenvalue weighted by atomic mass is 19.2. The number of halogens is 3. The third-order valence-corrected chi connectivity index (χ3v) is 3.11. The van der Waals surface area contributed by atoms with Crippen LogP contribution in [0.15, 0.2) is 12.1 Å². The highest BCUT2D eigenvalue weighted by molar-refractivity contribution is 5.92. The third kappa shape index (κ3) is 2.64. The van der Waals surface area contributed by atoms with Gasteiger partial charge in [-0.15, -0.1) is 0 Å². The van der Waals surface area contributed by atoms with Crippen LogP contribution in [0.25, 0.3) is 0 Å². The number of anilines is 1. The molecule has 0 bridgehead atoms. The highest BCUT2D eigenvalue weighted by Crippen LogP contribution is 2.26. The third-order valence-electron chi connectivity index (χ3n) is 3.11. The Hall–Kier alpha value is -1.56. The van der Waals surface area contributed by atoms with E-state index in [9.17, 15) is 18.0 Å². The van der Waals surface area contributed by atoms with Gasteiger partial charge < -0.3 is 11.1 Å². The Morgan fingerprint density at radius 1 is 1.17 bits per heavy atom. The molecular weight excluding hydrogens is 245 g/mol. The summed E-state index contributed by atoms with van der Waals surface area (Å²) in [5, 5.41) is 2.26. The van der Waals surface area contributed by atoms with Crippen molar-refractivity contribution in [3.05, 3.63) is 29.6 Å². The van der Waals surface area contributed by atoms with Gasteiger partial charge in [-0.2, -0.15) is 0 Å². The molecule has 1 amide bonds. The van der Waals surface area contributed by atoms with Gasteiger partial charge in [-0.05, 0) is 19.3 Å². The number of nitrogens with two attached hydrogens (primary N) is 1. The monoisotopic (exact) mass is 258 g/mol. The minimum atomic E-state index is -1.28. The predicted octanol–water partition coefficient (Wildman–Crippen LogP) is 2.17. The molecule has 0 aliphatic heterocycles. The van der Waals surface area contributed by atoms with Crippen molar-refractivity contribution in [2.24, 2.45) is 11.7 Å². The Morgan fingerprint density at radius 2 is 1.83 bits per heavy atom. The molecule has 2 atom stereocenters. The number of carbonyl (C=O) groups excluding carboxylic acids is 1. The Labute approximate surface area is 102 Å². The van der Waals surface area contributed by atoms with Crippen LogP contribution in [0.2, 0.25) is 0 Å². The van der Waals surface area contributed by atoms with E-state index in [-0.39, 0.29) is 17.6 Å². The van der Waals surface area contributed by atoms with Crippen LogP contribution in [-0.2, 0) is 4.79 Å². The second kappa shape index (κ2) is 4.97. The van der Waals surface area contributed by atoms with Crippen LogP contribution in [0.1, 0.15) is 19.3 Å². The molecule has 3 nitrogen and oxygen atoms in total. The molecule has 18 heavy (non-hydrogen) atoms. The van der Waals surface area contributed by atoms with Crippen LogP contribution in [0, 0.1) is 23.4 Å². The fourth-order valence-electron chi connectivity index (χ4n) is 2.11. The number of hydrogen-bond acceptors (Lipinski definition) is 2. The summed E-state index contributed by atoms with van der Waals surface area (Å²) in [5.74, 6) is -4.19. The summed E-state index contributed by atoms with van der Waals surface area (Å²) >= 11 is 0. The lowest BCUT2D eigenvalue weighted by atomic mass is 10.1. The van der Waals surface area contributed by atoms with Crippen molar-refractivity contribution in [2.75, 3.05) is 5.32 Å². The number of carbonyl (C=O) groups is 1. The van der Waals surface area contributed by atoms with Crippen molar-refractivity contribution in [3.8, 4) is 0 Å². The normalized spacial score (nSPS) is 23.1. The van der Waals surface area contributed by atoms with E-state index in [2.05, 4.69) is 5.32 Å². The van der Waals surface area contributed by atoms with Gasteiger partial charge in [0.25, 0.3) is 0 Å². The van der Waals surface area contributed by atoms with Crippen LogP contribution >= 0.6 is 0 Å². The molecule has 0 radical (unpaired) electrons. The van der Waals surface area contributed by atoms with Gasteiger partial charge in [0.15, 0.2) is 11.6 Å². The second-order valence-corrected chi connectivity index (χ2v) is 4.51. The summed E-state index contributed by atoms with van der Waals surface area (Å²) in [5.41, 5.74) is 5.32. The number of benzene rings is 1. The van der Waals surface area contributed by atoms with Crippen LogP contribution in [0.4, 0.5) is 18.9 Å². The number of amides is 1. The first-order valence-electron chi connectivity index (χ1n) is 5.68. The van der Waals surface area contributed by atoms with Crippen molar-refractivity contribution in [3.63, 3.8) is 0 Å². The quantitative estimate of drug-likeness (QED) is 0.799. The summed E-state index contributed by atoms with van der Waals surface area (Å²) in [4.78, 5) is 11.8. The van der Waals surface area contributed by atoms with E-state index in [1.54, 1.807) is 0 Å². The largest absolute Gasteiger partial charge is 0.328 e. The summed E-state index contributed by atoms with van der Waals surface area (Å²) in [7, 11) is 0. The maximum atomic E-state index is 13.3. The van der Waals surface area contributed by atoms with E-state index < -0.39 is 23.4 Å². The van der Waals surface area contributed by atoms with Gasteiger partial charge in [0, 0.05) is 24.1 Å². The van der Waals surface area contributed by atoms with Crippen molar-refractivity contribution in [2.45, 2.75) is 25.3 Å². The van der Waals surface area contributed by atoms with Crippen LogP contribution < -0.4 is 11.1 Å². The predicted molar refractivity (Wildman–Crippen MR) is 60.3 cm³/mol. The van der Waals surface area contributed by atoms with E-state index in [1.165, 1.54) is 0 Å². The lowest BCUT2D eigenvalue weighted by Crippen LogP contribution is -2.23. The van der Waals surface area contributed by atoms with Crippen LogP contribution in [-0.4, -0.2) is 11.9 Å². The van der Waals surface area contributed by atoms with Gasteiger partial charge in [0.1, 0.15) is 5.82 Å². The summed E-state index contributed by atoms with van der Waals surface area (Å²) < 4.78 is 38.9. The molecule has 1 aromatic rings. The zero-order chi connectivity index (χ0) is 13.3.